The summed E-state index contributed by atoms with van der Waals surface area (Å²) < 4.78 is 5.97. The van der Waals surface area contributed by atoms with Crippen LogP contribution in [-0.2, 0) is 14.4 Å². The van der Waals surface area contributed by atoms with Crippen LogP contribution in [0, 0.1) is 17.2 Å². The van der Waals surface area contributed by atoms with Gasteiger partial charge in [-0.25, -0.2) is 0 Å². The minimum absolute atomic E-state index is 0.0862. The molecule has 290 valence electrons. The highest BCUT2D eigenvalue weighted by molar-refractivity contribution is 6.31. The van der Waals surface area contributed by atoms with Crippen LogP contribution in [0.4, 0.5) is 17.3 Å². The fourth-order valence-electron chi connectivity index (χ4n) is 8.17. The van der Waals surface area contributed by atoms with Crippen molar-refractivity contribution in [2.45, 2.75) is 50.3 Å². The van der Waals surface area contributed by atoms with E-state index >= 15 is 0 Å². The topological polar surface area (TPSA) is 193 Å². The molecule has 0 aliphatic carbocycles. The fourth-order valence-corrected chi connectivity index (χ4v) is 8.39. The number of ether oxygens (including phenoxy) is 1. The third-order valence-corrected chi connectivity index (χ3v) is 11.6. The van der Waals surface area contributed by atoms with Crippen molar-refractivity contribution in [3.63, 3.8) is 0 Å². The molecule has 6 heterocycles. The van der Waals surface area contributed by atoms with Crippen LogP contribution in [0.5, 0.6) is 5.75 Å². The van der Waals surface area contributed by atoms with Crippen molar-refractivity contribution in [3.05, 3.63) is 70.2 Å². The van der Waals surface area contributed by atoms with Gasteiger partial charge < -0.3 is 25.2 Å². The lowest BCUT2D eigenvalue weighted by atomic mass is 9.96. The molecule has 0 spiro atoms. The molecule has 1 unspecified atom stereocenters. The van der Waals surface area contributed by atoms with Crippen LogP contribution in [-0.4, -0.2) is 120 Å². The summed E-state index contributed by atoms with van der Waals surface area (Å²) in [5.41, 5.74) is 1.83. The third kappa shape index (κ3) is 7.75. The number of rotatable bonds is 9. The number of imide groups is 2. The monoisotopic (exact) mass is 780 g/mol. The van der Waals surface area contributed by atoms with Crippen molar-refractivity contribution in [1.82, 2.24) is 30.6 Å². The molecule has 0 saturated carbocycles. The number of anilines is 3. The Balaban J connectivity index is 0.762. The summed E-state index contributed by atoms with van der Waals surface area (Å²) in [5.74, 6) is 0.0342. The van der Waals surface area contributed by atoms with Crippen molar-refractivity contribution >= 4 is 58.5 Å². The summed E-state index contributed by atoms with van der Waals surface area (Å²) in [4.78, 5) is 71.3. The van der Waals surface area contributed by atoms with E-state index in [4.69, 9.17) is 21.6 Å². The Morgan fingerprint density at radius 2 is 1.70 bits per heavy atom. The standard InChI is InChI=1S/C39H41ClN10O6/c40-30-18-26(3-1-24(30)20-41)56-27-19-31(42-21-27)36(52)43-33-6-7-34(46-45-33)49-11-9-23(10-12-49)22-47-13-15-48(16-14-47)25-2-4-28-29(17-25)39(55)50(38(28)54)32-5-8-35(51)44-37(32)53/h1-4,6-7,17-18,23,27,31-32,42H,5,8-16,19,21-22H2,(H,43,45,52)(H,44,51,53)/t27-,31+,32?/m1/s1. The minimum Gasteiger partial charge on any atom is -0.489 e. The SMILES string of the molecule is N#Cc1ccc(O[C@H]2CN[C@H](C(=O)Nc3ccc(N4CCC(CN5CCN(c6ccc7c(c6)C(=O)N(C6CCC(=O)NC6=O)C7=O)CC5)CC4)nn3)C2)cc1Cl. The number of carbonyl (C=O) groups is 5. The molecule has 8 rings (SSSR count). The largest absolute Gasteiger partial charge is 0.489 e. The number of nitriles is 1. The van der Waals surface area contributed by atoms with Crippen LogP contribution in [0.3, 0.4) is 0 Å². The summed E-state index contributed by atoms with van der Waals surface area (Å²) in [7, 11) is 0. The molecule has 4 saturated heterocycles. The van der Waals surface area contributed by atoms with E-state index in [1.165, 1.54) is 0 Å². The summed E-state index contributed by atoms with van der Waals surface area (Å²) in [6.07, 6.45) is 2.51. The molecule has 2 aromatic carbocycles. The average molecular weight is 781 g/mol. The van der Waals surface area contributed by atoms with Crippen LogP contribution in [0.1, 0.15) is 58.4 Å². The molecule has 3 aromatic rings. The number of amides is 5. The van der Waals surface area contributed by atoms with Gasteiger partial charge in [-0.15, -0.1) is 10.2 Å². The highest BCUT2D eigenvalue weighted by atomic mass is 35.5. The first kappa shape index (κ1) is 37.3. The molecule has 3 atom stereocenters. The predicted octanol–water partition coefficient (Wildman–Crippen LogP) is 2.19. The van der Waals surface area contributed by atoms with Gasteiger partial charge in [0.15, 0.2) is 11.6 Å². The van der Waals surface area contributed by atoms with Gasteiger partial charge in [-0.3, -0.25) is 39.1 Å². The summed E-state index contributed by atoms with van der Waals surface area (Å²) in [6.45, 7) is 6.54. The van der Waals surface area contributed by atoms with Crippen molar-refractivity contribution < 1.29 is 28.7 Å². The van der Waals surface area contributed by atoms with Gasteiger partial charge in [0.25, 0.3) is 11.8 Å². The van der Waals surface area contributed by atoms with Gasteiger partial charge in [-0.05, 0) is 67.6 Å². The number of hydrogen-bond acceptors (Lipinski definition) is 13. The lowest BCUT2D eigenvalue weighted by molar-refractivity contribution is -0.136. The number of fused-ring (bicyclic) bond motifs is 1. The van der Waals surface area contributed by atoms with E-state index in [1.54, 1.807) is 36.4 Å². The Morgan fingerprint density at radius 3 is 2.41 bits per heavy atom. The number of nitrogens with one attached hydrogen (secondary N) is 3. The highest BCUT2D eigenvalue weighted by Gasteiger charge is 2.45. The highest BCUT2D eigenvalue weighted by Crippen LogP contribution is 2.32. The van der Waals surface area contributed by atoms with Crippen LogP contribution in [0.15, 0.2) is 48.5 Å². The lowest BCUT2D eigenvalue weighted by Gasteiger charge is -2.39. The molecular formula is C39H41ClN10O6. The van der Waals surface area contributed by atoms with Gasteiger partial charge in [0.2, 0.25) is 17.7 Å². The van der Waals surface area contributed by atoms with Crippen molar-refractivity contribution in [1.29, 1.82) is 5.26 Å². The van der Waals surface area contributed by atoms with Crippen molar-refractivity contribution in [3.8, 4) is 11.8 Å². The van der Waals surface area contributed by atoms with E-state index in [1.807, 2.05) is 18.2 Å². The molecule has 56 heavy (non-hydrogen) atoms. The van der Waals surface area contributed by atoms with Gasteiger partial charge in [0, 0.05) is 77.0 Å². The van der Waals surface area contributed by atoms with E-state index in [0.29, 0.717) is 46.6 Å². The van der Waals surface area contributed by atoms with E-state index in [0.717, 1.165) is 75.1 Å². The maximum atomic E-state index is 13.3. The minimum atomic E-state index is -0.979. The van der Waals surface area contributed by atoms with Gasteiger partial charge in [-0.1, -0.05) is 11.6 Å². The molecule has 16 nitrogen and oxygen atoms in total. The van der Waals surface area contributed by atoms with Gasteiger partial charge in [0.1, 0.15) is 24.0 Å². The number of hydrogen-bond donors (Lipinski definition) is 3. The zero-order valence-corrected chi connectivity index (χ0v) is 31.3. The molecule has 17 heteroatoms. The number of nitrogens with zero attached hydrogens (tertiary/aromatic N) is 7. The number of piperazine rings is 1. The molecule has 5 aliphatic rings. The Hall–Kier alpha value is -5.63. The number of carbonyl (C=O) groups excluding carboxylic acids is 5. The molecule has 5 aliphatic heterocycles. The Kier molecular flexibility index (Phi) is 10.6. The lowest BCUT2D eigenvalue weighted by Crippen LogP contribution is -2.54. The van der Waals surface area contributed by atoms with E-state index in [9.17, 15) is 24.0 Å². The number of piperidine rings is 2. The van der Waals surface area contributed by atoms with Crippen molar-refractivity contribution in [2.75, 3.05) is 67.5 Å². The Morgan fingerprint density at radius 1 is 0.911 bits per heavy atom. The quantitative estimate of drug-likeness (QED) is 0.268. The number of halogens is 1. The third-order valence-electron chi connectivity index (χ3n) is 11.3. The van der Waals surface area contributed by atoms with E-state index in [-0.39, 0.29) is 30.4 Å². The second-order valence-electron chi connectivity index (χ2n) is 14.9. The zero-order valence-electron chi connectivity index (χ0n) is 30.6. The summed E-state index contributed by atoms with van der Waals surface area (Å²) >= 11 is 6.12. The molecule has 5 amide bonds. The number of benzene rings is 2. The Bertz CT molecular complexity index is 2090. The van der Waals surface area contributed by atoms with Gasteiger partial charge in [0.05, 0.1) is 27.8 Å². The zero-order chi connectivity index (χ0) is 38.9. The second kappa shape index (κ2) is 15.8. The first-order valence-electron chi connectivity index (χ1n) is 19.0. The van der Waals surface area contributed by atoms with Gasteiger partial charge in [-0.2, -0.15) is 5.26 Å². The van der Waals surface area contributed by atoms with Gasteiger partial charge >= 0.3 is 0 Å². The molecule has 0 radical (unpaired) electrons. The molecule has 4 fully saturated rings. The van der Waals surface area contributed by atoms with E-state index < -0.39 is 35.7 Å². The second-order valence-corrected chi connectivity index (χ2v) is 15.3. The predicted molar refractivity (Wildman–Crippen MR) is 204 cm³/mol. The molecule has 3 N–H and O–H groups in total. The van der Waals surface area contributed by atoms with Crippen LogP contribution in [0.2, 0.25) is 5.02 Å². The maximum Gasteiger partial charge on any atom is 0.262 e. The smallest absolute Gasteiger partial charge is 0.262 e. The van der Waals surface area contributed by atoms with Crippen molar-refractivity contribution in [2.24, 2.45) is 5.92 Å². The average Bonchev–Trinajstić information content (AvgIpc) is 3.77. The maximum absolute atomic E-state index is 13.3. The number of aromatic nitrogens is 2. The first-order valence-corrected chi connectivity index (χ1v) is 19.3. The van der Waals surface area contributed by atoms with Crippen LogP contribution >= 0.6 is 11.6 Å². The molecule has 0 bridgehead atoms. The normalized spacial score (nSPS) is 23.2. The molecular weight excluding hydrogens is 740 g/mol. The van der Waals surface area contributed by atoms with Crippen LogP contribution < -0.4 is 30.5 Å². The van der Waals surface area contributed by atoms with Crippen LogP contribution in [0.25, 0.3) is 0 Å². The summed E-state index contributed by atoms with van der Waals surface area (Å²) in [6, 6.07) is 14.5. The summed E-state index contributed by atoms with van der Waals surface area (Å²) in [5, 5.41) is 26.4. The fraction of sp³-hybridized carbons (Fsp3) is 0.436. The first-order chi connectivity index (χ1) is 27.1. The van der Waals surface area contributed by atoms with E-state index in [2.05, 4.69) is 40.8 Å². The Labute approximate surface area is 328 Å². The molecule has 1 aromatic heterocycles.